The Kier molecular flexibility index (Phi) is 3.53. The van der Waals surface area contributed by atoms with Gasteiger partial charge in [-0.3, -0.25) is 4.79 Å². The molecule has 3 aromatic rings. The molecule has 1 N–H and O–H groups in total. The quantitative estimate of drug-likeness (QED) is 0.794. The van der Waals surface area contributed by atoms with Crippen LogP contribution in [0.4, 0.5) is 0 Å². The summed E-state index contributed by atoms with van der Waals surface area (Å²) in [6.07, 6.45) is 2.01. The number of rotatable bonds is 3. The summed E-state index contributed by atoms with van der Waals surface area (Å²) in [5.41, 5.74) is 4.15. The highest BCUT2D eigenvalue weighted by molar-refractivity contribution is 5.98. The number of aromatic nitrogens is 1. The highest BCUT2D eigenvalue weighted by atomic mass is 16.5. The van der Waals surface area contributed by atoms with Crippen LogP contribution in [0, 0.1) is 0 Å². The Morgan fingerprint density at radius 1 is 1.21 bits per heavy atom. The predicted molar refractivity (Wildman–Crippen MR) is 94.4 cm³/mol. The van der Waals surface area contributed by atoms with Crippen molar-refractivity contribution in [2.75, 3.05) is 14.2 Å². The molecule has 122 valence electrons. The Morgan fingerprint density at radius 3 is 2.88 bits per heavy atom. The van der Waals surface area contributed by atoms with Crippen molar-refractivity contribution in [2.45, 2.75) is 18.9 Å². The minimum Gasteiger partial charge on any atom is -0.497 e. The number of fused-ring (bicyclic) bond motifs is 2. The lowest BCUT2D eigenvalue weighted by Gasteiger charge is -2.25. The van der Waals surface area contributed by atoms with E-state index in [-0.39, 0.29) is 11.9 Å². The molecule has 0 bridgehead atoms. The zero-order valence-electron chi connectivity index (χ0n) is 13.9. The highest BCUT2D eigenvalue weighted by Gasteiger charge is 2.29. The molecule has 0 spiro atoms. The molecule has 1 unspecified atom stereocenters. The fraction of sp³-hybridized carbons (Fsp3) is 0.250. The van der Waals surface area contributed by atoms with Crippen LogP contribution < -0.4 is 4.74 Å². The molecule has 24 heavy (non-hydrogen) atoms. The van der Waals surface area contributed by atoms with Gasteiger partial charge in [-0.05, 0) is 42.2 Å². The van der Waals surface area contributed by atoms with Gasteiger partial charge < -0.3 is 14.6 Å². The predicted octanol–water partition coefficient (Wildman–Crippen LogP) is 3.94. The van der Waals surface area contributed by atoms with Crippen LogP contribution in [-0.4, -0.2) is 29.9 Å². The third-order valence-electron chi connectivity index (χ3n) is 4.95. The van der Waals surface area contributed by atoms with Gasteiger partial charge in [-0.1, -0.05) is 24.3 Å². The van der Waals surface area contributed by atoms with Crippen molar-refractivity contribution < 1.29 is 9.53 Å². The molecule has 1 aliphatic rings. The number of benzene rings is 2. The molecular weight excluding hydrogens is 300 g/mol. The average molecular weight is 320 g/mol. The van der Waals surface area contributed by atoms with Gasteiger partial charge in [0.05, 0.1) is 13.2 Å². The maximum Gasteiger partial charge on any atom is 0.270 e. The minimum absolute atomic E-state index is 0.0202. The van der Waals surface area contributed by atoms with Gasteiger partial charge in [-0.25, -0.2) is 0 Å². The summed E-state index contributed by atoms with van der Waals surface area (Å²) in [4.78, 5) is 18.0. The molecule has 0 aliphatic heterocycles. The number of carbonyl (C=O) groups is 1. The van der Waals surface area contributed by atoms with Crippen molar-refractivity contribution in [1.29, 1.82) is 0 Å². The molecule has 2 aromatic carbocycles. The Labute approximate surface area is 141 Å². The number of nitrogens with one attached hydrogen (secondary N) is 1. The molecule has 0 saturated heterocycles. The number of aromatic amines is 1. The summed E-state index contributed by atoms with van der Waals surface area (Å²) >= 11 is 0. The second-order valence-electron chi connectivity index (χ2n) is 6.31. The van der Waals surface area contributed by atoms with Gasteiger partial charge in [-0.2, -0.15) is 0 Å². The van der Waals surface area contributed by atoms with Crippen LogP contribution in [0.3, 0.4) is 0 Å². The Balaban J connectivity index is 1.64. The van der Waals surface area contributed by atoms with E-state index in [0.29, 0.717) is 5.69 Å². The van der Waals surface area contributed by atoms with Crippen LogP contribution in [0.2, 0.25) is 0 Å². The molecular formula is C20H20N2O2. The number of hydrogen-bond acceptors (Lipinski definition) is 2. The van der Waals surface area contributed by atoms with Gasteiger partial charge in [0.2, 0.25) is 0 Å². The van der Waals surface area contributed by atoms with Crippen LogP contribution in [0.5, 0.6) is 5.75 Å². The van der Waals surface area contributed by atoms with Gasteiger partial charge in [0.25, 0.3) is 5.91 Å². The van der Waals surface area contributed by atoms with Crippen LogP contribution in [0.25, 0.3) is 10.9 Å². The smallest absolute Gasteiger partial charge is 0.270 e. The molecule has 1 heterocycles. The van der Waals surface area contributed by atoms with Crippen LogP contribution in [-0.2, 0) is 6.42 Å². The molecule has 1 amide bonds. The topological polar surface area (TPSA) is 45.3 Å². The summed E-state index contributed by atoms with van der Waals surface area (Å²) in [7, 11) is 3.53. The van der Waals surface area contributed by atoms with E-state index in [2.05, 4.69) is 23.2 Å². The third kappa shape index (κ3) is 2.35. The van der Waals surface area contributed by atoms with Crippen molar-refractivity contribution in [1.82, 2.24) is 9.88 Å². The molecule has 0 saturated carbocycles. The number of methoxy groups -OCH3 is 1. The summed E-state index contributed by atoms with van der Waals surface area (Å²) < 4.78 is 5.24. The van der Waals surface area contributed by atoms with Gasteiger partial charge in [-0.15, -0.1) is 0 Å². The van der Waals surface area contributed by atoms with E-state index >= 15 is 0 Å². The van der Waals surface area contributed by atoms with Crippen molar-refractivity contribution in [2.24, 2.45) is 0 Å². The largest absolute Gasteiger partial charge is 0.497 e. The zero-order chi connectivity index (χ0) is 16.7. The minimum atomic E-state index is 0.0202. The number of carbonyl (C=O) groups excluding carboxylic acids is 1. The Hall–Kier alpha value is -2.75. The van der Waals surface area contributed by atoms with Gasteiger partial charge >= 0.3 is 0 Å². The fourth-order valence-corrected chi connectivity index (χ4v) is 3.62. The van der Waals surface area contributed by atoms with E-state index in [1.165, 1.54) is 11.1 Å². The molecule has 0 fully saturated rings. The molecule has 4 nitrogen and oxygen atoms in total. The SMILES string of the molecule is COc1ccc2cc(C(=O)N(C)C3CCc4ccccc43)[nH]c2c1. The first-order chi connectivity index (χ1) is 11.7. The second kappa shape index (κ2) is 5.71. The third-order valence-corrected chi connectivity index (χ3v) is 4.95. The maximum absolute atomic E-state index is 12.9. The number of aryl methyl sites for hydroxylation is 1. The summed E-state index contributed by atoms with van der Waals surface area (Å²) in [5, 5.41) is 1.01. The lowest BCUT2D eigenvalue weighted by molar-refractivity contribution is 0.0725. The first-order valence-electron chi connectivity index (χ1n) is 8.19. The number of nitrogens with zero attached hydrogens (tertiary/aromatic N) is 1. The van der Waals surface area contributed by atoms with E-state index < -0.39 is 0 Å². The fourth-order valence-electron chi connectivity index (χ4n) is 3.62. The number of ether oxygens (including phenoxy) is 1. The van der Waals surface area contributed by atoms with Gasteiger partial charge in [0.1, 0.15) is 11.4 Å². The molecule has 1 atom stereocenters. The first-order valence-corrected chi connectivity index (χ1v) is 8.19. The van der Waals surface area contributed by atoms with Crippen molar-refractivity contribution >= 4 is 16.8 Å². The lowest BCUT2D eigenvalue weighted by Crippen LogP contribution is -2.30. The standard InChI is InChI=1S/C20H20N2O2/c1-22(19-10-8-13-5-3-4-6-16(13)19)20(23)18-11-14-7-9-15(24-2)12-17(14)21-18/h3-7,9,11-12,19,21H,8,10H2,1-2H3. The second-order valence-corrected chi connectivity index (χ2v) is 6.31. The van der Waals surface area contributed by atoms with Crippen molar-refractivity contribution in [3.8, 4) is 5.75 Å². The van der Waals surface area contributed by atoms with Gasteiger partial charge in [0.15, 0.2) is 0 Å². The maximum atomic E-state index is 12.9. The van der Waals surface area contributed by atoms with E-state index in [9.17, 15) is 4.79 Å². The van der Waals surface area contributed by atoms with Crippen LogP contribution in [0.15, 0.2) is 48.5 Å². The lowest BCUT2D eigenvalue weighted by atomic mass is 10.1. The van der Waals surface area contributed by atoms with E-state index in [4.69, 9.17) is 4.74 Å². The number of amides is 1. The summed E-state index contributed by atoms with van der Waals surface area (Å²) in [6, 6.07) is 16.2. The molecule has 4 heteroatoms. The summed E-state index contributed by atoms with van der Waals surface area (Å²) in [6.45, 7) is 0. The Morgan fingerprint density at radius 2 is 2.04 bits per heavy atom. The normalized spacial score (nSPS) is 16.2. The van der Waals surface area contributed by atoms with Crippen LogP contribution in [0.1, 0.15) is 34.1 Å². The molecule has 4 rings (SSSR count). The van der Waals surface area contributed by atoms with Crippen molar-refractivity contribution in [3.05, 3.63) is 65.4 Å². The van der Waals surface area contributed by atoms with Gasteiger partial charge in [0, 0.05) is 24.0 Å². The summed E-state index contributed by atoms with van der Waals surface area (Å²) in [5.74, 6) is 0.799. The average Bonchev–Trinajstić information content (AvgIpc) is 3.23. The monoisotopic (exact) mass is 320 g/mol. The molecule has 1 aromatic heterocycles. The van der Waals surface area contributed by atoms with Crippen LogP contribution >= 0.6 is 0 Å². The van der Waals surface area contributed by atoms with E-state index in [0.717, 1.165) is 29.5 Å². The Bertz CT molecular complexity index is 913. The van der Waals surface area contributed by atoms with Crippen molar-refractivity contribution in [3.63, 3.8) is 0 Å². The first kappa shape index (κ1) is 14.8. The highest BCUT2D eigenvalue weighted by Crippen LogP contribution is 2.35. The molecule has 0 radical (unpaired) electrons. The van der Waals surface area contributed by atoms with E-state index in [1.807, 2.05) is 42.3 Å². The van der Waals surface area contributed by atoms with E-state index in [1.54, 1.807) is 7.11 Å². The zero-order valence-corrected chi connectivity index (χ0v) is 13.9. The number of H-pyrrole nitrogens is 1. The molecule has 1 aliphatic carbocycles. The number of hydrogen-bond donors (Lipinski definition) is 1.